The first-order valence-corrected chi connectivity index (χ1v) is 8.20. The van der Waals surface area contributed by atoms with Crippen molar-refractivity contribution in [2.45, 2.75) is 25.7 Å². The van der Waals surface area contributed by atoms with Crippen molar-refractivity contribution in [3.8, 4) is 0 Å². The number of hydrogen-bond donors (Lipinski definition) is 0. The third-order valence-corrected chi connectivity index (χ3v) is 4.80. The Labute approximate surface area is 146 Å². The van der Waals surface area contributed by atoms with Gasteiger partial charge in [0.05, 0.1) is 5.69 Å². The zero-order valence-electron chi connectivity index (χ0n) is 13.9. The Hall–Kier alpha value is -2.91. The zero-order chi connectivity index (χ0) is 18.3. The summed E-state index contributed by atoms with van der Waals surface area (Å²) < 4.78 is 32.8. The fraction of sp³-hybridized carbons (Fsp3) is 0.438. The lowest BCUT2D eigenvalue weighted by atomic mass is 9.84. The molecule has 136 valence electrons. The Bertz CT molecular complexity index is 926. The van der Waals surface area contributed by atoms with E-state index >= 15 is 0 Å². The number of aromatic nitrogens is 5. The number of likely N-dealkylation sites (tertiary alicyclic amines) is 1. The second-order valence-corrected chi connectivity index (χ2v) is 6.38. The molecule has 3 aromatic rings. The predicted octanol–water partition coefficient (Wildman–Crippen LogP) is 2.32. The molecule has 0 bridgehead atoms. The van der Waals surface area contributed by atoms with Crippen LogP contribution in [0.5, 0.6) is 0 Å². The summed E-state index contributed by atoms with van der Waals surface area (Å²) in [7, 11) is 0. The van der Waals surface area contributed by atoms with Gasteiger partial charge >= 0.3 is 0 Å². The second kappa shape index (κ2) is 6.43. The number of fused-ring (bicyclic) bond motifs is 1. The molecule has 0 spiro atoms. The lowest BCUT2D eigenvalue weighted by molar-refractivity contribution is 0.0659. The fourth-order valence-electron chi connectivity index (χ4n) is 3.35. The van der Waals surface area contributed by atoms with E-state index in [1.807, 2.05) is 6.92 Å². The molecule has 10 heteroatoms. The highest BCUT2D eigenvalue weighted by Crippen LogP contribution is 2.34. The molecule has 1 saturated heterocycles. The van der Waals surface area contributed by atoms with E-state index in [2.05, 4.69) is 20.1 Å². The highest BCUT2D eigenvalue weighted by Gasteiger charge is 2.33. The van der Waals surface area contributed by atoms with Gasteiger partial charge in [0.15, 0.2) is 12.1 Å². The highest BCUT2D eigenvalue weighted by molar-refractivity contribution is 5.92. The number of alkyl halides is 2. The van der Waals surface area contributed by atoms with Gasteiger partial charge in [-0.2, -0.15) is 10.1 Å². The standard InChI is InChI=1S/C16H16F2N6O2/c1-9-2-3-23(15(25)12-6-26-8-20-12)5-10(9)13-4-11(14(17)18)22-16-19-7-21-24(13)16/h4,6-10,14H,2-3,5H2,1H3/t9-,10-/m1/s1. The first-order valence-electron chi connectivity index (χ1n) is 8.20. The number of rotatable bonds is 3. The van der Waals surface area contributed by atoms with Crippen molar-refractivity contribution < 1.29 is 18.0 Å². The molecule has 8 nitrogen and oxygen atoms in total. The topological polar surface area (TPSA) is 89.4 Å². The van der Waals surface area contributed by atoms with Gasteiger partial charge < -0.3 is 9.32 Å². The van der Waals surface area contributed by atoms with Crippen LogP contribution >= 0.6 is 0 Å². The summed E-state index contributed by atoms with van der Waals surface area (Å²) >= 11 is 0. The van der Waals surface area contributed by atoms with Crippen molar-refractivity contribution in [1.29, 1.82) is 0 Å². The second-order valence-electron chi connectivity index (χ2n) is 6.38. The molecule has 1 aliphatic heterocycles. The van der Waals surface area contributed by atoms with Gasteiger partial charge in [-0.05, 0) is 18.4 Å². The molecule has 3 aromatic heterocycles. The molecular formula is C16H16F2N6O2. The minimum atomic E-state index is -2.71. The van der Waals surface area contributed by atoms with E-state index in [9.17, 15) is 13.6 Å². The van der Waals surface area contributed by atoms with Crippen LogP contribution in [0, 0.1) is 5.92 Å². The van der Waals surface area contributed by atoms with Crippen molar-refractivity contribution in [2.24, 2.45) is 5.92 Å². The molecule has 1 amide bonds. The predicted molar refractivity (Wildman–Crippen MR) is 84.7 cm³/mol. The molecule has 0 aromatic carbocycles. The molecule has 4 heterocycles. The van der Waals surface area contributed by atoms with E-state index < -0.39 is 6.43 Å². The maximum atomic E-state index is 13.2. The van der Waals surface area contributed by atoms with Crippen LogP contribution < -0.4 is 0 Å². The number of halogens is 2. The lowest BCUT2D eigenvalue weighted by Gasteiger charge is -2.37. The Morgan fingerprint density at radius 3 is 2.96 bits per heavy atom. The number of piperidine rings is 1. The Morgan fingerprint density at radius 2 is 2.23 bits per heavy atom. The Kier molecular flexibility index (Phi) is 4.09. The molecule has 0 aliphatic carbocycles. The number of carbonyl (C=O) groups excluding carboxylic acids is 1. The van der Waals surface area contributed by atoms with Crippen LogP contribution in [0.4, 0.5) is 8.78 Å². The third-order valence-electron chi connectivity index (χ3n) is 4.80. The SMILES string of the molecule is C[C@@H]1CCN(C(=O)c2cocn2)C[C@H]1c1cc(C(F)F)nc2ncnn12. The molecule has 0 saturated carbocycles. The monoisotopic (exact) mass is 362 g/mol. The fourth-order valence-corrected chi connectivity index (χ4v) is 3.35. The molecule has 4 rings (SSSR count). The van der Waals surface area contributed by atoms with E-state index in [1.54, 1.807) is 4.90 Å². The lowest BCUT2D eigenvalue weighted by Crippen LogP contribution is -2.42. The summed E-state index contributed by atoms with van der Waals surface area (Å²) in [5.41, 5.74) is 0.466. The van der Waals surface area contributed by atoms with E-state index in [1.165, 1.54) is 29.6 Å². The van der Waals surface area contributed by atoms with Crippen LogP contribution in [-0.4, -0.2) is 48.5 Å². The number of nitrogens with zero attached hydrogens (tertiary/aromatic N) is 6. The molecule has 0 N–H and O–H groups in total. The van der Waals surface area contributed by atoms with Crippen molar-refractivity contribution >= 4 is 11.7 Å². The molecule has 1 aliphatic rings. The number of hydrogen-bond acceptors (Lipinski definition) is 6. The molecule has 2 atom stereocenters. The summed E-state index contributed by atoms with van der Waals surface area (Å²) in [6.07, 6.45) is 1.81. The maximum Gasteiger partial charge on any atom is 0.280 e. The number of carbonyl (C=O) groups is 1. The molecule has 0 unspecified atom stereocenters. The Morgan fingerprint density at radius 1 is 1.38 bits per heavy atom. The van der Waals surface area contributed by atoms with Gasteiger partial charge in [0.2, 0.25) is 0 Å². The average Bonchev–Trinajstić information content (AvgIpc) is 3.32. The molecular weight excluding hydrogens is 346 g/mol. The van der Waals surface area contributed by atoms with Crippen LogP contribution in [-0.2, 0) is 0 Å². The minimum Gasteiger partial charge on any atom is -0.451 e. The largest absolute Gasteiger partial charge is 0.451 e. The van der Waals surface area contributed by atoms with E-state index in [0.717, 1.165) is 6.42 Å². The Balaban J connectivity index is 1.70. The summed E-state index contributed by atoms with van der Waals surface area (Å²) in [5.74, 6) is -0.112. The van der Waals surface area contributed by atoms with Crippen molar-refractivity contribution in [3.05, 3.63) is 42.1 Å². The van der Waals surface area contributed by atoms with Crippen LogP contribution in [0.15, 0.2) is 29.5 Å². The smallest absolute Gasteiger partial charge is 0.280 e. The molecule has 1 fully saturated rings. The van der Waals surface area contributed by atoms with Gasteiger partial charge in [-0.25, -0.2) is 23.3 Å². The van der Waals surface area contributed by atoms with Gasteiger partial charge in [0.25, 0.3) is 18.1 Å². The van der Waals surface area contributed by atoms with Crippen LogP contribution in [0.25, 0.3) is 5.78 Å². The normalized spacial score (nSPS) is 20.8. The van der Waals surface area contributed by atoms with Crippen LogP contribution in [0.3, 0.4) is 0 Å². The van der Waals surface area contributed by atoms with E-state index in [4.69, 9.17) is 4.42 Å². The van der Waals surface area contributed by atoms with Gasteiger partial charge in [-0.15, -0.1) is 0 Å². The number of oxazole rings is 1. The molecule has 26 heavy (non-hydrogen) atoms. The van der Waals surface area contributed by atoms with E-state index in [0.29, 0.717) is 18.8 Å². The van der Waals surface area contributed by atoms with Gasteiger partial charge in [0.1, 0.15) is 18.3 Å². The van der Waals surface area contributed by atoms with Crippen molar-refractivity contribution in [2.75, 3.05) is 13.1 Å². The van der Waals surface area contributed by atoms with E-state index in [-0.39, 0.29) is 34.9 Å². The van der Waals surface area contributed by atoms with Crippen molar-refractivity contribution in [1.82, 2.24) is 29.5 Å². The summed E-state index contributed by atoms with van der Waals surface area (Å²) in [4.78, 5) is 25.9. The first-order chi connectivity index (χ1) is 12.5. The highest BCUT2D eigenvalue weighted by atomic mass is 19.3. The summed E-state index contributed by atoms with van der Waals surface area (Å²) in [5, 5.41) is 4.12. The zero-order valence-corrected chi connectivity index (χ0v) is 13.9. The van der Waals surface area contributed by atoms with Crippen LogP contribution in [0.1, 0.15) is 47.6 Å². The van der Waals surface area contributed by atoms with Crippen LogP contribution in [0.2, 0.25) is 0 Å². The third kappa shape index (κ3) is 2.80. The van der Waals surface area contributed by atoms with Gasteiger partial charge in [-0.3, -0.25) is 4.79 Å². The first kappa shape index (κ1) is 16.6. The average molecular weight is 362 g/mol. The van der Waals surface area contributed by atoms with Gasteiger partial charge in [0, 0.05) is 19.0 Å². The summed E-state index contributed by atoms with van der Waals surface area (Å²) in [6.45, 7) is 2.97. The number of amides is 1. The van der Waals surface area contributed by atoms with Crippen molar-refractivity contribution in [3.63, 3.8) is 0 Å². The molecule has 0 radical (unpaired) electrons. The summed E-state index contributed by atoms with van der Waals surface area (Å²) in [6, 6.07) is 1.36. The quantitative estimate of drug-likeness (QED) is 0.710. The minimum absolute atomic E-state index is 0.130. The maximum absolute atomic E-state index is 13.2. The van der Waals surface area contributed by atoms with Gasteiger partial charge in [-0.1, -0.05) is 6.92 Å².